The summed E-state index contributed by atoms with van der Waals surface area (Å²) in [6.45, 7) is 1.72. The molecule has 1 aromatic heterocycles. The number of carboxylic acid groups (broad SMARTS) is 1. The Bertz CT molecular complexity index is 544. The minimum Gasteiger partial charge on any atom is -0.483 e. The van der Waals surface area contributed by atoms with Crippen LogP contribution >= 0.6 is 0 Å². The molecule has 5 heteroatoms. The van der Waals surface area contributed by atoms with Gasteiger partial charge >= 0.3 is 5.97 Å². The average molecular weight is 250 g/mol. The van der Waals surface area contributed by atoms with Crippen LogP contribution in [0.5, 0.6) is 5.75 Å². The normalized spacial score (nSPS) is 12.1. The van der Waals surface area contributed by atoms with Crippen LogP contribution in [-0.4, -0.2) is 11.1 Å². The fourth-order valence-electron chi connectivity index (χ4n) is 1.46. The number of hydrogen-bond donors (Lipinski definition) is 1. The fraction of sp³-hybridized carbons (Fsp3) is 0.154. The number of hydrogen-bond acceptors (Lipinski definition) is 3. The molecule has 1 atom stereocenters. The van der Waals surface area contributed by atoms with Gasteiger partial charge in [0.2, 0.25) is 5.76 Å². The van der Waals surface area contributed by atoms with Crippen molar-refractivity contribution < 1.29 is 23.4 Å². The van der Waals surface area contributed by atoms with Crippen LogP contribution in [0.25, 0.3) is 0 Å². The molecule has 94 valence electrons. The third-order valence-corrected chi connectivity index (χ3v) is 2.36. The maximum absolute atomic E-state index is 12.7. The molecule has 0 radical (unpaired) electrons. The molecule has 2 rings (SSSR count). The van der Waals surface area contributed by atoms with Crippen molar-refractivity contribution in [2.75, 3.05) is 0 Å². The van der Waals surface area contributed by atoms with Crippen LogP contribution in [0.3, 0.4) is 0 Å². The molecule has 0 aliphatic carbocycles. The first-order valence-electron chi connectivity index (χ1n) is 5.31. The Kier molecular flexibility index (Phi) is 3.32. The van der Waals surface area contributed by atoms with E-state index in [9.17, 15) is 9.18 Å². The monoisotopic (exact) mass is 250 g/mol. The second kappa shape index (κ2) is 4.91. The maximum atomic E-state index is 12.7. The summed E-state index contributed by atoms with van der Waals surface area (Å²) >= 11 is 0. The molecular formula is C13H11FO4. The first-order valence-corrected chi connectivity index (χ1v) is 5.31. The van der Waals surface area contributed by atoms with Gasteiger partial charge in [0.15, 0.2) is 6.10 Å². The number of benzene rings is 1. The third-order valence-electron chi connectivity index (χ3n) is 2.36. The fourth-order valence-corrected chi connectivity index (χ4v) is 1.46. The van der Waals surface area contributed by atoms with Crippen molar-refractivity contribution in [2.24, 2.45) is 0 Å². The maximum Gasteiger partial charge on any atom is 0.371 e. The summed E-state index contributed by atoms with van der Waals surface area (Å²) in [4.78, 5) is 10.7. The SMILES string of the molecule is C[C@H](Oc1ccc(F)cc1)c1ccc(C(=O)O)o1. The lowest BCUT2D eigenvalue weighted by Crippen LogP contribution is -2.02. The van der Waals surface area contributed by atoms with E-state index < -0.39 is 12.1 Å². The van der Waals surface area contributed by atoms with Crippen LogP contribution in [0, 0.1) is 5.82 Å². The predicted molar refractivity (Wildman–Crippen MR) is 61.1 cm³/mol. The van der Waals surface area contributed by atoms with Gasteiger partial charge in [-0.2, -0.15) is 0 Å². The molecule has 1 heterocycles. The summed E-state index contributed by atoms with van der Waals surface area (Å²) in [5.41, 5.74) is 0. The zero-order valence-electron chi connectivity index (χ0n) is 9.59. The zero-order valence-corrected chi connectivity index (χ0v) is 9.59. The van der Waals surface area contributed by atoms with E-state index in [1.54, 1.807) is 6.92 Å². The van der Waals surface area contributed by atoms with Crippen molar-refractivity contribution in [3.05, 3.63) is 53.7 Å². The number of carbonyl (C=O) groups is 1. The smallest absolute Gasteiger partial charge is 0.371 e. The Morgan fingerprint density at radius 2 is 1.94 bits per heavy atom. The average Bonchev–Trinajstić information content (AvgIpc) is 2.81. The number of ether oxygens (including phenoxy) is 1. The molecule has 4 nitrogen and oxygen atoms in total. The van der Waals surface area contributed by atoms with Gasteiger partial charge in [-0.3, -0.25) is 0 Å². The lowest BCUT2D eigenvalue weighted by atomic mass is 10.3. The van der Waals surface area contributed by atoms with Crippen LogP contribution in [-0.2, 0) is 0 Å². The van der Waals surface area contributed by atoms with E-state index in [1.165, 1.54) is 36.4 Å². The molecule has 0 aliphatic heterocycles. The molecule has 1 aromatic carbocycles. The van der Waals surface area contributed by atoms with E-state index in [1.807, 2.05) is 0 Å². The van der Waals surface area contributed by atoms with E-state index in [0.717, 1.165) is 0 Å². The van der Waals surface area contributed by atoms with Gasteiger partial charge in [-0.1, -0.05) is 0 Å². The van der Waals surface area contributed by atoms with E-state index >= 15 is 0 Å². The van der Waals surface area contributed by atoms with Crippen LogP contribution in [0.15, 0.2) is 40.8 Å². The van der Waals surface area contributed by atoms with Gasteiger partial charge in [0, 0.05) is 0 Å². The summed E-state index contributed by atoms with van der Waals surface area (Å²) in [6.07, 6.45) is -0.455. The minimum atomic E-state index is -1.13. The van der Waals surface area contributed by atoms with Crippen molar-refractivity contribution in [2.45, 2.75) is 13.0 Å². The highest BCUT2D eigenvalue weighted by Gasteiger charge is 2.15. The van der Waals surface area contributed by atoms with E-state index in [-0.39, 0.29) is 11.6 Å². The highest BCUT2D eigenvalue weighted by Crippen LogP contribution is 2.23. The van der Waals surface area contributed by atoms with Crippen molar-refractivity contribution >= 4 is 5.97 Å². The van der Waals surface area contributed by atoms with E-state index in [0.29, 0.717) is 11.5 Å². The van der Waals surface area contributed by atoms with Gasteiger partial charge < -0.3 is 14.3 Å². The van der Waals surface area contributed by atoms with Crippen LogP contribution in [0.4, 0.5) is 4.39 Å². The number of rotatable bonds is 4. The molecule has 18 heavy (non-hydrogen) atoms. The highest BCUT2D eigenvalue weighted by atomic mass is 19.1. The second-order valence-electron chi connectivity index (χ2n) is 3.72. The zero-order chi connectivity index (χ0) is 13.1. The van der Waals surface area contributed by atoms with Gasteiger partial charge in [-0.15, -0.1) is 0 Å². The second-order valence-corrected chi connectivity index (χ2v) is 3.72. The molecule has 0 bridgehead atoms. The summed E-state index contributed by atoms with van der Waals surface area (Å²) in [5.74, 6) is -0.732. The van der Waals surface area contributed by atoms with Crippen LogP contribution < -0.4 is 4.74 Å². The largest absolute Gasteiger partial charge is 0.483 e. The lowest BCUT2D eigenvalue weighted by Gasteiger charge is -2.12. The van der Waals surface area contributed by atoms with Crippen molar-refractivity contribution in [1.29, 1.82) is 0 Å². The van der Waals surface area contributed by atoms with E-state index in [2.05, 4.69) is 0 Å². The number of aromatic carboxylic acids is 1. The van der Waals surface area contributed by atoms with Gasteiger partial charge in [0.05, 0.1) is 0 Å². The third kappa shape index (κ3) is 2.68. The Labute approximate surface area is 103 Å². The van der Waals surface area contributed by atoms with Crippen molar-refractivity contribution in [3.8, 4) is 5.75 Å². The number of halogens is 1. The van der Waals surface area contributed by atoms with Gasteiger partial charge in [0.25, 0.3) is 0 Å². The molecule has 0 fully saturated rings. The molecule has 0 unspecified atom stereocenters. The molecule has 0 saturated carbocycles. The Hall–Kier alpha value is -2.30. The van der Waals surface area contributed by atoms with Crippen molar-refractivity contribution in [1.82, 2.24) is 0 Å². The van der Waals surface area contributed by atoms with Crippen molar-refractivity contribution in [3.63, 3.8) is 0 Å². The molecule has 2 aromatic rings. The molecular weight excluding hydrogens is 239 g/mol. The molecule has 0 spiro atoms. The molecule has 0 aliphatic rings. The molecule has 0 saturated heterocycles. The molecule has 1 N–H and O–H groups in total. The van der Waals surface area contributed by atoms with Gasteiger partial charge in [-0.25, -0.2) is 9.18 Å². The summed E-state index contributed by atoms with van der Waals surface area (Å²) < 4.78 is 23.3. The quantitative estimate of drug-likeness (QED) is 0.904. The summed E-state index contributed by atoms with van der Waals surface area (Å²) in [7, 11) is 0. The Morgan fingerprint density at radius 3 is 2.50 bits per heavy atom. The van der Waals surface area contributed by atoms with Crippen LogP contribution in [0.2, 0.25) is 0 Å². The first kappa shape index (κ1) is 12.2. The molecule has 0 amide bonds. The minimum absolute atomic E-state index is 0.139. The van der Waals surface area contributed by atoms with Gasteiger partial charge in [0.1, 0.15) is 17.3 Å². The van der Waals surface area contributed by atoms with E-state index in [4.69, 9.17) is 14.3 Å². The topological polar surface area (TPSA) is 59.7 Å². The number of carboxylic acids is 1. The van der Waals surface area contributed by atoms with Gasteiger partial charge in [-0.05, 0) is 43.3 Å². The number of furan rings is 1. The Morgan fingerprint density at radius 1 is 1.28 bits per heavy atom. The highest BCUT2D eigenvalue weighted by molar-refractivity contribution is 5.84. The Balaban J connectivity index is 2.09. The standard InChI is InChI=1S/C13H11FO4/c1-8(11-6-7-12(18-11)13(15)16)17-10-4-2-9(14)3-5-10/h2-8H,1H3,(H,15,16)/t8-/m0/s1. The predicted octanol–water partition coefficient (Wildman–Crippen LogP) is 3.26. The first-order chi connectivity index (χ1) is 8.56. The van der Waals surface area contributed by atoms with Crippen LogP contribution in [0.1, 0.15) is 29.3 Å². The summed E-state index contributed by atoms with van der Waals surface area (Å²) in [6, 6.07) is 8.46. The summed E-state index contributed by atoms with van der Waals surface area (Å²) in [5, 5.41) is 8.72. The lowest BCUT2D eigenvalue weighted by molar-refractivity contribution is 0.0655.